The molecule has 0 N–H and O–H groups in total. The van der Waals surface area contributed by atoms with Crippen molar-refractivity contribution in [2.75, 3.05) is 33.4 Å². The van der Waals surface area contributed by atoms with Gasteiger partial charge in [-0.05, 0) is 48.8 Å². The monoisotopic (exact) mass is 381 g/mol. The molecule has 2 bridgehead atoms. The average Bonchev–Trinajstić information content (AvgIpc) is 3.28. The van der Waals surface area contributed by atoms with Crippen LogP contribution in [0.5, 0.6) is 11.5 Å². The van der Waals surface area contributed by atoms with Crippen LogP contribution in [0.1, 0.15) is 36.8 Å². The molecule has 2 saturated heterocycles. The van der Waals surface area contributed by atoms with E-state index < -0.39 is 5.79 Å². The fourth-order valence-corrected chi connectivity index (χ4v) is 6.74. The second-order valence-electron chi connectivity index (χ2n) is 9.38. The molecule has 6 aliphatic rings. The van der Waals surface area contributed by atoms with E-state index in [1.807, 2.05) is 0 Å². The van der Waals surface area contributed by atoms with Gasteiger partial charge in [-0.15, -0.1) is 0 Å². The number of hydrogen-bond acceptors (Lipinski definition) is 5. The Hall–Kier alpha value is -1.56. The lowest BCUT2D eigenvalue weighted by Crippen LogP contribution is -2.66. The van der Waals surface area contributed by atoms with Crippen LogP contribution >= 0.6 is 0 Å². The van der Waals surface area contributed by atoms with E-state index in [2.05, 4.69) is 23.1 Å². The molecule has 3 atom stereocenters. The molecule has 3 heterocycles. The number of piperidine rings is 1. The maximum Gasteiger partial charge on any atom is 0.210 e. The third kappa shape index (κ3) is 1.84. The number of rotatable bonds is 3. The predicted octanol–water partition coefficient (Wildman–Crippen LogP) is 2.81. The predicted molar refractivity (Wildman–Crippen MR) is 103 cm³/mol. The van der Waals surface area contributed by atoms with Gasteiger partial charge in [0.25, 0.3) is 0 Å². The van der Waals surface area contributed by atoms with Gasteiger partial charge in [0.05, 0.1) is 25.7 Å². The SMILES string of the molecule is COc1ccc2c3c1O[C@H]1C4(CC=C5[C@H](C2)N(CC2CC2)CC[C@]531)OCCO4. The van der Waals surface area contributed by atoms with Crippen LogP contribution in [0, 0.1) is 5.92 Å². The summed E-state index contributed by atoms with van der Waals surface area (Å²) in [7, 11) is 1.74. The molecule has 7 rings (SSSR count). The van der Waals surface area contributed by atoms with Gasteiger partial charge in [0.2, 0.25) is 5.79 Å². The van der Waals surface area contributed by atoms with Crippen molar-refractivity contribution in [3.63, 3.8) is 0 Å². The van der Waals surface area contributed by atoms with Gasteiger partial charge in [0.15, 0.2) is 17.6 Å². The third-order valence-electron chi connectivity index (χ3n) is 8.05. The highest BCUT2D eigenvalue weighted by atomic mass is 16.8. The highest BCUT2D eigenvalue weighted by Crippen LogP contribution is 2.65. The molecular weight excluding hydrogens is 354 g/mol. The topological polar surface area (TPSA) is 40.2 Å². The molecule has 0 aromatic heterocycles. The van der Waals surface area contributed by atoms with E-state index >= 15 is 0 Å². The highest BCUT2D eigenvalue weighted by Gasteiger charge is 2.69. The Bertz CT molecular complexity index is 885. The Morgan fingerprint density at radius 3 is 2.86 bits per heavy atom. The molecule has 0 radical (unpaired) electrons. The van der Waals surface area contributed by atoms with E-state index in [0.717, 1.165) is 43.2 Å². The zero-order chi connectivity index (χ0) is 18.5. The van der Waals surface area contributed by atoms with Crippen LogP contribution in [0.15, 0.2) is 23.8 Å². The summed E-state index contributed by atoms with van der Waals surface area (Å²) in [4.78, 5) is 2.76. The van der Waals surface area contributed by atoms with Gasteiger partial charge in [0, 0.05) is 31.1 Å². The Morgan fingerprint density at radius 2 is 2.07 bits per heavy atom. The molecule has 3 aliphatic heterocycles. The summed E-state index contributed by atoms with van der Waals surface area (Å²) in [5.41, 5.74) is 4.23. The van der Waals surface area contributed by atoms with Crippen molar-refractivity contribution in [2.45, 2.75) is 55.5 Å². The molecule has 2 spiro atoms. The summed E-state index contributed by atoms with van der Waals surface area (Å²) in [5.74, 6) is 2.04. The average molecular weight is 381 g/mol. The maximum absolute atomic E-state index is 6.73. The van der Waals surface area contributed by atoms with Crippen LogP contribution in [0.2, 0.25) is 0 Å². The third-order valence-corrected chi connectivity index (χ3v) is 8.05. The number of methoxy groups -OCH3 is 1. The lowest BCUT2D eigenvalue weighted by molar-refractivity contribution is -0.226. The van der Waals surface area contributed by atoms with Gasteiger partial charge in [-0.25, -0.2) is 0 Å². The van der Waals surface area contributed by atoms with Gasteiger partial charge < -0.3 is 18.9 Å². The molecule has 3 fully saturated rings. The standard InChI is InChI=1S/C23H27NO4/c1-25-18-5-4-15-12-17-16-6-7-23(26-10-11-27-23)21-22(16,19(15)20(18)28-21)8-9-24(17)13-14-2-3-14/h4-6,14,17,21H,2-3,7-13H2,1H3/t17-,21+,22-/m0/s1. The van der Waals surface area contributed by atoms with Crippen molar-refractivity contribution >= 4 is 0 Å². The van der Waals surface area contributed by atoms with Crippen molar-refractivity contribution in [1.29, 1.82) is 0 Å². The van der Waals surface area contributed by atoms with Crippen LogP contribution in [0.3, 0.4) is 0 Å². The Morgan fingerprint density at radius 1 is 1.21 bits per heavy atom. The summed E-state index contributed by atoms with van der Waals surface area (Å²) < 4.78 is 24.9. The van der Waals surface area contributed by atoms with E-state index in [1.54, 1.807) is 12.7 Å². The fraction of sp³-hybridized carbons (Fsp3) is 0.652. The maximum atomic E-state index is 6.73. The van der Waals surface area contributed by atoms with Crippen LogP contribution in [0.4, 0.5) is 0 Å². The first-order chi connectivity index (χ1) is 13.7. The van der Waals surface area contributed by atoms with Gasteiger partial charge in [-0.2, -0.15) is 0 Å². The number of likely N-dealkylation sites (tertiary alicyclic amines) is 1. The van der Waals surface area contributed by atoms with E-state index in [1.165, 1.54) is 30.5 Å². The van der Waals surface area contributed by atoms with Crippen molar-refractivity contribution in [3.8, 4) is 11.5 Å². The van der Waals surface area contributed by atoms with Gasteiger partial charge in [-0.1, -0.05) is 12.1 Å². The minimum absolute atomic E-state index is 0.113. The van der Waals surface area contributed by atoms with Gasteiger partial charge in [0.1, 0.15) is 0 Å². The zero-order valence-corrected chi connectivity index (χ0v) is 16.4. The molecule has 28 heavy (non-hydrogen) atoms. The number of benzene rings is 1. The molecule has 5 nitrogen and oxygen atoms in total. The number of fused-ring (bicyclic) bond motifs is 1. The van der Waals surface area contributed by atoms with Crippen LogP contribution in [0.25, 0.3) is 0 Å². The summed E-state index contributed by atoms with van der Waals surface area (Å²) in [6.45, 7) is 3.68. The first kappa shape index (κ1) is 16.3. The van der Waals surface area contributed by atoms with Crippen LogP contribution in [-0.4, -0.2) is 56.2 Å². The number of ether oxygens (including phenoxy) is 4. The van der Waals surface area contributed by atoms with Gasteiger partial charge in [-0.3, -0.25) is 4.90 Å². The largest absolute Gasteiger partial charge is 0.493 e. The lowest BCUT2D eigenvalue weighted by Gasteiger charge is -2.57. The molecule has 0 amide bonds. The summed E-state index contributed by atoms with van der Waals surface area (Å²) in [6.07, 6.45) is 8.09. The molecule has 1 aromatic carbocycles. The first-order valence-corrected chi connectivity index (χ1v) is 10.8. The molecule has 1 saturated carbocycles. The lowest BCUT2D eigenvalue weighted by atomic mass is 9.55. The molecule has 0 unspecified atom stereocenters. The smallest absolute Gasteiger partial charge is 0.210 e. The quantitative estimate of drug-likeness (QED) is 0.753. The minimum atomic E-state index is -0.647. The van der Waals surface area contributed by atoms with Crippen molar-refractivity contribution < 1.29 is 18.9 Å². The summed E-state index contributed by atoms with van der Waals surface area (Å²) >= 11 is 0. The Kier molecular flexibility index (Phi) is 3.09. The van der Waals surface area contributed by atoms with Crippen molar-refractivity contribution in [2.24, 2.45) is 5.92 Å². The second kappa shape index (κ2) is 5.32. The minimum Gasteiger partial charge on any atom is -0.493 e. The van der Waals surface area contributed by atoms with Gasteiger partial charge >= 0.3 is 0 Å². The van der Waals surface area contributed by atoms with Crippen LogP contribution in [-0.2, 0) is 21.3 Å². The van der Waals surface area contributed by atoms with E-state index in [9.17, 15) is 0 Å². The van der Waals surface area contributed by atoms with Crippen molar-refractivity contribution in [1.82, 2.24) is 4.90 Å². The molecule has 148 valence electrons. The fourth-order valence-electron chi connectivity index (χ4n) is 6.74. The van der Waals surface area contributed by atoms with Crippen LogP contribution < -0.4 is 9.47 Å². The molecule has 1 aromatic rings. The first-order valence-electron chi connectivity index (χ1n) is 10.8. The summed E-state index contributed by atoms with van der Waals surface area (Å²) in [6, 6.07) is 4.85. The summed E-state index contributed by atoms with van der Waals surface area (Å²) in [5, 5.41) is 0. The van der Waals surface area contributed by atoms with E-state index in [4.69, 9.17) is 18.9 Å². The van der Waals surface area contributed by atoms with E-state index in [0.29, 0.717) is 19.3 Å². The normalized spacial score (nSPS) is 36.8. The molecule has 5 heteroatoms. The van der Waals surface area contributed by atoms with Crippen molar-refractivity contribution in [3.05, 3.63) is 34.9 Å². The Labute approximate surface area is 165 Å². The van der Waals surface area contributed by atoms with E-state index in [-0.39, 0.29) is 11.5 Å². The highest BCUT2D eigenvalue weighted by molar-refractivity contribution is 5.66. The second-order valence-corrected chi connectivity index (χ2v) is 9.38. The zero-order valence-electron chi connectivity index (χ0n) is 16.4. The molecule has 3 aliphatic carbocycles. The number of nitrogens with zero attached hydrogens (tertiary/aromatic N) is 1. The molecular formula is C23H27NO4. The Balaban J connectivity index is 1.44. The number of hydrogen-bond donors (Lipinski definition) is 0.